The summed E-state index contributed by atoms with van der Waals surface area (Å²) < 4.78 is 44.6. The quantitative estimate of drug-likeness (QED) is 0.336. The zero-order valence-corrected chi connectivity index (χ0v) is 19.5. The van der Waals surface area contributed by atoms with Gasteiger partial charge in [-0.1, -0.05) is 48.0 Å². The lowest BCUT2D eigenvalue weighted by atomic mass is 10.0. The third-order valence-corrected chi connectivity index (χ3v) is 5.52. The van der Waals surface area contributed by atoms with E-state index in [4.69, 9.17) is 21.4 Å². The summed E-state index contributed by atoms with van der Waals surface area (Å²) in [6, 6.07) is 17.5. The lowest BCUT2D eigenvalue weighted by Gasteiger charge is -2.23. The molecule has 3 aromatic rings. The number of benzene rings is 3. The van der Waals surface area contributed by atoms with Crippen molar-refractivity contribution in [1.82, 2.24) is 4.90 Å². The number of halogens is 4. The average molecular weight is 506 g/mol. The lowest BCUT2D eigenvalue weighted by Crippen LogP contribution is -2.28. The van der Waals surface area contributed by atoms with E-state index in [0.29, 0.717) is 23.7 Å². The van der Waals surface area contributed by atoms with Crippen LogP contribution in [0.5, 0.6) is 5.75 Å². The largest absolute Gasteiger partial charge is 0.486 e. The zero-order chi connectivity index (χ0) is 25.6. The summed E-state index contributed by atoms with van der Waals surface area (Å²) in [5, 5.41) is 9.54. The second-order valence-electron chi connectivity index (χ2n) is 8.01. The fraction of sp³-hybridized carbons (Fsp3) is 0.231. The molecule has 0 aromatic heterocycles. The summed E-state index contributed by atoms with van der Waals surface area (Å²) in [5.41, 5.74) is 0.377. The number of nitrogens with zero attached hydrogens (tertiary/aromatic N) is 1. The molecule has 0 fully saturated rings. The number of rotatable bonds is 10. The van der Waals surface area contributed by atoms with Crippen molar-refractivity contribution in [2.75, 3.05) is 20.1 Å². The highest BCUT2D eigenvalue weighted by Crippen LogP contribution is 2.30. The molecule has 0 heterocycles. The van der Waals surface area contributed by atoms with Gasteiger partial charge in [-0.15, -0.1) is 0 Å². The predicted molar refractivity (Wildman–Crippen MR) is 126 cm³/mol. The fourth-order valence-corrected chi connectivity index (χ4v) is 3.60. The zero-order valence-electron chi connectivity index (χ0n) is 18.8. The van der Waals surface area contributed by atoms with Gasteiger partial charge in [0.05, 0.1) is 12.1 Å². The number of carboxylic acid groups (broad SMARTS) is 1. The third kappa shape index (κ3) is 7.56. The maximum Gasteiger partial charge on any atom is 0.416 e. The minimum Gasteiger partial charge on any atom is -0.486 e. The number of aliphatic carboxylic acids is 1. The van der Waals surface area contributed by atoms with E-state index >= 15 is 0 Å². The van der Waals surface area contributed by atoms with Crippen LogP contribution in [0.3, 0.4) is 0 Å². The van der Waals surface area contributed by atoms with Gasteiger partial charge in [0, 0.05) is 29.1 Å². The third-order valence-electron chi connectivity index (χ3n) is 5.27. The number of carboxylic acids is 1. The Labute approximate surface area is 205 Å². The van der Waals surface area contributed by atoms with E-state index in [2.05, 4.69) is 0 Å². The second-order valence-corrected chi connectivity index (χ2v) is 8.45. The van der Waals surface area contributed by atoms with Gasteiger partial charge in [-0.25, -0.2) is 0 Å². The van der Waals surface area contributed by atoms with Gasteiger partial charge >= 0.3 is 12.1 Å². The highest BCUT2D eigenvalue weighted by Gasteiger charge is 2.30. The van der Waals surface area contributed by atoms with Crippen LogP contribution in [0.15, 0.2) is 72.8 Å². The summed E-state index contributed by atoms with van der Waals surface area (Å²) in [6.07, 6.45) is -4.48. The van der Waals surface area contributed by atoms with Crippen molar-refractivity contribution in [3.8, 4) is 5.75 Å². The molecule has 0 saturated carbocycles. The molecule has 0 aliphatic rings. The smallest absolute Gasteiger partial charge is 0.416 e. The van der Waals surface area contributed by atoms with Crippen molar-refractivity contribution in [3.05, 3.63) is 100 Å². The molecule has 9 heteroatoms. The van der Waals surface area contributed by atoms with E-state index in [1.807, 2.05) is 0 Å². The number of hydrogen-bond acceptors (Lipinski definition) is 4. The first kappa shape index (κ1) is 26.2. The number of alkyl halides is 3. The van der Waals surface area contributed by atoms with Crippen molar-refractivity contribution >= 4 is 23.4 Å². The molecule has 3 rings (SSSR count). The Morgan fingerprint density at radius 3 is 2.26 bits per heavy atom. The van der Waals surface area contributed by atoms with Crippen LogP contribution in [0.25, 0.3) is 0 Å². The topological polar surface area (TPSA) is 66.8 Å². The minimum atomic E-state index is -4.48. The van der Waals surface area contributed by atoms with E-state index in [1.165, 1.54) is 6.07 Å². The van der Waals surface area contributed by atoms with Crippen LogP contribution in [-0.2, 0) is 11.0 Å². The summed E-state index contributed by atoms with van der Waals surface area (Å²) in [6.45, 7) is 0.314. The van der Waals surface area contributed by atoms with E-state index in [-0.39, 0.29) is 17.7 Å². The van der Waals surface area contributed by atoms with Crippen LogP contribution in [-0.4, -0.2) is 41.9 Å². The molecule has 0 aliphatic carbocycles. The monoisotopic (exact) mass is 505 g/mol. The van der Waals surface area contributed by atoms with Gasteiger partial charge in [0.15, 0.2) is 5.78 Å². The van der Waals surface area contributed by atoms with E-state index in [1.54, 1.807) is 54.4 Å². The first-order chi connectivity index (χ1) is 16.5. The van der Waals surface area contributed by atoms with Crippen molar-refractivity contribution in [1.29, 1.82) is 0 Å². The molecule has 0 bridgehead atoms. The Bertz CT molecular complexity index is 1160. The number of likely N-dealkylation sites (N-methyl/N-ethyl adjacent to an activating group) is 1. The van der Waals surface area contributed by atoms with Gasteiger partial charge < -0.3 is 9.84 Å². The van der Waals surface area contributed by atoms with Crippen LogP contribution in [0.2, 0.25) is 5.02 Å². The lowest BCUT2D eigenvalue weighted by molar-refractivity contribution is -0.138. The average Bonchev–Trinajstić information content (AvgIpc) is 2.81. The molecule has 0 saturated heterocycles. The number of carbonyl (C=O) groups excluding carboxylic acids is 1. The van der Waals surface area contributed by atoms with Crippen LogP contribution in [0.4, 0.5) is 13.2 Å². The Morgan fingerprint density at radius 1 is 1.00 bits per heavy atom. The van der Waals surface area contributed by atoms with E-state index < -0.39 is 29.6 Å². The molecule has 0 spiro atoms. The van der Waals surface area contributed by atoms with Gasteiger partial charge in [0.2, 0.25) is 0 Å². The van der Waals surface area contributed by atoms with Crippen LogP contribution in [0, 0.1) is 0 Å². The molecule has 0 amide bonds. The highest BCUT2D eigenvalue weighted by atomic mass is 35.5. The predicted octanol–water partition coefficient (Wildman–Crippen LogP) is 6.12. The van der Waals surface area contributed by atoms with Crippen molar-refractivity contribution in [2.45, 2.75) is 18.7 Å². The molecular formula is C26H23ClF3NO4. The summed E-state index contributed by atoms with van der Waals surface area (Å²) in [4.78, 5) is 25.5. The first-order valence-electron chi connectivity index (χ1n) is 10.7. The molecule has 3 aromatic carbocycles. The molecule has 35 heavy (non-hydrogen) atoms. The molecule has 1 atom stereocenters. The molecule has 0 aliphatic heterocycles. The van der Waals surface area contributed by atoms with Crippen molar-refractivity contribution in [2.24, 2.45) is 0 Å². The standard InChI is InChI=1S/C26H23ClF3NO4/c1-31(16-24(32)33)14-13-23(17-7-11-21(27)12-8-17)35-22-4-2-3-19(15-22)25(34)18-5-9-20(10-6-18)26(28,29)30/h2-12,15,23H,13-14,16H2,1H3,(H,32,33). The summed E-state index contributed by atoms with van der Waals surface area (Å²) in [7, 11) is 1.69. The fourth-order valence-electron chi connectivity index (χ4n) is 3.47. The molecule has 1 unspecified atom stereocenters. The Morgan fingerprint density at radius 2 is 1.66 bits per heavy atom. The molecule has 0 radical (unpaired) electrons. The maximum atomic E-state index is 12.9. The molecule has 1 N–H and O–H groups in total. The first-order valence-corrected chi connectivity index (χ1v) is 11.0. The van der Waals surface area contributed by atoms with E-state index in [9.17, 15) is 22.8 Å². The number of ketones is 1. The molecule has 184 valence electrons. The summed E-state index contributed by atoms with van der Waals surface area (Å²) in [5.74, 6) is -0.983. The normalized spacial score (nSPS) is 12.4. The number of carbonyl (C=O) groups is 2. The molecular weight excluding hydrogens is 483 g/mol. The Balaban J connectivity index is 1.79. The van der Waals surface area contributed by atoms with Crippen LogP contribution < -0.4 is 4.74 Å². The number of ether oxygens (including phenoxy) is 1. The van der Waals surface area contributed by atoms with Gasteiger partial charge in [-0.2, -0.15) is 13.2 Å². The number of hydrogen-bond donors (Lipinski definition) is 1. The van der Waals surface area contributed by atoms with Crippen molar-refractivity contribution in [3.63, 3.8) is 0 Å². The Hall–Kier alpha value is -3.36. The maximum absolute atomic E-state index is 12.9. The van der Waals surface area contributed by atoms with E-state index in [0.717, 1.165) is 29.8 Å². The summed E-state index contributed by atoms with van der Waals surface area (Å²) >= 11 is 6.00. The highest BCUT2D eigenvalue weighted by molar-refractivity contribution is 6.30. The van der Waals surface area contributed by atoms with Gasteiger partial charge in [0.25, 0.3) is 0 Å². The van der Waals surface area contributed by atoms with Gasteiger partial charge in [-0.05, 0) is 49.0 Å². The Kier molecular flexibility index (Phi) is 8.53. The molecule has 5 nitrogen and oxygen atoms in total. The van der Waals surface area contributed by atoms with Crippen molar-refractivity contribution < 1.29 is 32.6 Å². The van der Waals surface area contributed by atoms with Gasteiger partial charge in [0.1, 0.15) is 11.9 Å². The SMILES string of the molecule is CN(CCC(Oc1cccc(C(=O)c2ccc(C(F)(F)F)cc2)c1)c1ccc(Cl)cc1)CC(=O)O. The van der Waals surface area contributed by atoms with Gasteiger partial charge in [-0.3, -0.25) is 14.5 Å². The second kappa shape index (κ2) is 11.4. The van der Waals surface area contributed by atoms with Crippen LogP contribution in [0.1, 0.15) is 39.6 Å². The van der Waals surface area contributed by atoms with Crippen LogP contribution >= 0.6 is 11.6 Å². The minimum absolute atomic E-state index is 0.121.